The lowest BCUT2D eigenvalue weighted by Gasteiger charge is -2.09. The Bertz CT molecular complexity index is 795. The minimum atomic E-state index is -0.199. The Hall–Kier alpha value is -2.40. The van der Waals surface area contributed by atoms with Gasteiger partial charge in [-0.05, 0) is 36.8 Å². The zero-order valence-corrected chi connectivity index (χ0v) is 11.7. The summed E-state index contributed by atoms with van der Waals surface area (Å²) in [6.45, 7) is 1.88. The number of anilines is 2. The van der Waals surface area contributed by atoms with Gasteiger partial charge in [0, 0.05) is 11.4 Å². The first-order valence-corrected chi connectivity index (χ1v) is 7.03. The Morgan fingerprint density at radius 1 is 1.30 bits per heavy atom. The number of rotatable bonds is 2. The van der Waals surface area contributed by atoms with Crippen LogP contribution in [0.3, 0.4) is 0 Å². The van der Waals surface area contributed by atoms with Gasteiger partial charge in [-0.3, -0.25) is 4.79 Å². The van der Waals surface area contributed by atoms with Crippen LogP contribution in [0.5, 0.6) is 0 Å². The maximum absolute atomic E-state index is 12.3. The van der Waals surface area contributed by atoms with Gasteiger partial charge >= 0.3 is 0 Å². The number of thiazole rings is 1. The van der Waals surface area contributed by atoms with Crippen molar-refractivity contribution in [2.45, 2.75) is 6.92 Å². The number of amides is 1. The van der Waals surface area contributed by atoms with Crippen LogP contribution in [0.1, 0.15) is 15.9 Å². The zero-order valence-electron chi connectivity index (χ0n) is 10.9. The summed E-state index contributed by atoms with van der Waals surface area (Å²) < 4.78 is 1.04. The summed E-state index contributed by atoms with van der Waals surface area (Å²) in [4.78, 5) is 16.5. The van der Waals surface area contributed by atoms with Gasteiger partial charge in [-0.1, -0.05) is 12.1 Å². The third-order valence-electron chi connectivity index (χ3n) is 3.16. The van der Waals surface area contributed by atoms with Crippen molar-refractivity contribution >= 4 is 38.8 Å². The van der Waals surface area contributed by atoms with Crippen molar-refractivity contribution in [1.82, 2.24) is 4.98 Å². The molecule has 20 heavy (non-hydrogen) atoms. The maximum atomic E-state index is 12.3. The first-order valence-electron chi connectivity index (χ1n) is 6.15. The van der Waals surface area contributed by atoms with Gasteiger partial charge in [-0.25, -0.2) is 4.98 Å². The molecule has 0 bridgehead atoms. The lowest BCUT2D eigenvalue weighted by Crippen LogP contribution is -2.14. The van der Waals surface area contributed by atoms with Crippen molar-refractivity contribution in [3.8, 4) is 0 Å². The molecule has 0 aliphatic heterocycles. The van der Waals surface area contributed by atoms with Crippen LogP contribution in [0.2, 0.25) is 0 Å². The third-order valence-corrected chi connectivity index (χ3v) is 3.95. The average molecular weight is 283 g/mol. The van der Waals surface area contributed by atoms with Crippen molar-refractivity contribution in [2.75, 3.05) is 11.1 Å². The van der Waals surface area contributed by atoms with Crippen LogP contribution in [0.25, 0.3) is 10.2 Å². The van der Waals surface area contributed by atoms with Crippen molar-refractivity contribution in [3.63, 3.8) is 0 Å². The number of para-hydroxylation sites is 1. The van der Waals surface area contributed by atoms with E-state index in [1.165, 1.54) is 0 Å². The number of nitrogens with one attached hydrogen (secondary N) is 1. The Morgan fingerprint density at radius 2 is 2.15 bits per heavy atom. The van der Waals surface area contributed by atoms with Crippen LogP contribution in [-0.4, -0.2) is 10.9 Å². The molecule has 3 aromatic rings. The number of nitrogens with two attached hydrogens (primary N) is 1. The monoisotopic (exact) mass is 283 g/mol. The number of hydrogen-bond acceptors (Lipinski definition) is 4. The highest BCUT2D eigenvalue weighted by Crippen LogP contribution is 2.23. The molecule has 0 saturated heterocycles. The van der Waals surface area contributed by atoms with Crippen molar-refractivity contribution in [3.05, 3.63) is 53.0 Å². The first-order chi connectivity index (χ1) is 9.65. The van der Waals surface area contributed by atoms with E-state index >= 15 is 0 Å². The standard InChI is InChI=1S/C15H13N3OS/c1-9-3-2-4-11(14(9)16)15(19)18-10-5-6-12-13(7-10)20-8-17-12/h2-8H,16H2,1H3,(H,18,19). The largest absolute Gasteiger partial charge is 0.398 e. The van der Waals surface area contributed by atoms with Crippen LogP contribution in [0, 0.1) is 6.92 Å². The Morgan fingerprint density at radius 3 is 3.00 bits per heavy atom. The number of nitrogens with zero attached hydrogens (tertiary/aromatic N) is 1. The van der Waals surface area contributed by atoms with Gasteiger partial charge in [-0.2, -0.15) is 0 Å². The molecule has 0 radical (unpaired) electrons. The van der Waals surface area contributed by atoms with Crippen LogP contribution >= 0.6 is 11.3 Å². The minimum absolute atomic E-state index is 0.199. The number of benzene rings is 2. The molecule has 0 aliphatic rings. The molecule has 1 aromatic heterocycles. The van der Waals surface area contributed by atoms with Crippen molar-refractivity contribution in [1.29, 1.82) is 0 Å². The normalized spacial score (nSPS) is 10.7. The molecular weight excluding hydrogens is 270 g/mol. The molecular formula is C15H13N3OS. The van der Waals surface area contributed by atoms with E-state index in [0.717, 1.165) is 21.5 Å². The lowest BCUT2D eigenvalue weighted by atomic mass is 10.1. The van der Waals surface area contributed by atoms with Crippen LogP contribution in [-0.2, 0) is 0 Å². The number of carbonyl (C=O) groups excluding carboxylic acids is 1. The summed E-state index contributed by atoms with van der Waals surface area (Å²) in [6, 6.07) is 11.1. The summed E-state index contributed by atoms with van der Waals surface area (Å²) in [5, 5.41) is 2.87. The highest BCUT2D eigenvalue weighted by Gasteiger charge is 2.11. The Labute approximate surface area is 120 Å². The highest BCUT2D eigenvalue weighted by molar-refractivity contribution is 7.16. The predicted molar refractivity (Wildman–Crippen MR) is 83.2 cm³/mol. The van der Waals surface area contributed by atoms with Crippen molar-refractivity contribution in [2.24, 2.45) is 0 Å². The summed E-state index contributed by atoms with van der Waals surface area (Å²) in [5.74, 6) is -0.199. The van der Waals surface area contributed by atoms with E-state index in [1.807, 2.05) is 37.3 Å². The molecule has 4 nitrogen and oxygen atoms in total. The molecule has 3 rings (SSSR count). The number of aromatic nitrogens is 1. The van der Waals surface area contributed by atoms with Crippen LogP contribution < -0.4 is 11.1 Å². The van der Waals surface area contributed by atoms with Crippen LogP contribution in [0.4, 0.5) is 11.4 Å². The van der Waals surface area contributed by atoms with E-state index in [9.17, 15) is 4.79 Å². The molecule has 0 saturated carbocycles. The van der Waals surface area contributed by atoms with Gasteiger partial charge in [0.05, 0.1) is 21.3 Å². The lowest BCUT2D eigenvalue weighted by molar-refractivity contribution is 0.102. The quantitative estimate of drug-likeness (QED) is 0.708. The second-order valence-corrected chi connectivity index (χ2v) is 5.41. The summed E-state index contributed by atoms with van der Waals surface area (Å²) in [7, 11) is 0. The molecule has 3 N–H and O–H groups in total. The molecule has 0 fully saturated rings. The number of carbonyl (C=O) groups is 1. The smallest absolute Gasteiger partial charge is 0.257 e. The summed E-state index contributed by atoms with van der Waals surface area (Å²) in [5.41, 5.74) is 11.3. The minimum Gasteiger partial charge on any atom is -0.398 e. The van der Waals surface area contributed by atoms with E-state index in [4.69, 9.17) is 5.73 Å². The summed E-state index contributed by atoms with van der Waals surface area (Å²) in [6.07, 6.45) is 0. The molecule has 0 spiro atoms. The van der Waals surface area contributed by atoms with E-state index in [0.29, 0.717) is 11.3 Å². The van der Waals surface area contributed by atoms with E-state index < -0.39 is 0 Å². The SMILES string of the molecule is Cc1cccc(C(=O)Nc2ccc3ncsc3c2)c1N. The number of nitrogen functional groups attached to an aromatic ring is 1. The molecule has 0 atom stereocenters. The van der Waals surface area contributed by atoms with E-state index in [2.05, 4.69) is 10.3 Å². The molecule has 1 heterocycles. The Balaban J connectivity index is 1.90. The molecule has 100 valence electrons. The second-order valence-electron chi connectivity index (χ2n) is 4.53. The summed E-state index contributed by atoms with van der Waals surface area (Å²) >= 11 is 1.54. The third kappa shape index (κ3) is 2.23. The van der Waals surface area contributed by atoms with Gasteiger partial charge in [0.1, 0.15) is 0 Å². The van der Waals surface area contributed by atoms with Gasteiger partial charge in [0.15, 0.2) is 0 Å². The molecule has 5 heteroatoms. The van der Waals surface area contributed by atoms with E-state index in [1.54, 1.807) is 22.9 Å². The topological polar surface area (TPSA) is 68.0 Å². The average Bonchev–Trinajstić information content (AvgIpc) is 2.89. The maximum Gasteiger partial charge on any atom is 0.257 e. The molecule has 1 amide bonds. The number of hydrogen-bond donors (Lipinski definition) is 2. The zero-order chi connectivity index (χ0) is 14.1. The number of aryl methyl sites for hydroxylation is 1. The fourth-order valence-corrected chi connectivity index (χ4v) is 2.73. The molecule has 0 aliphatic carbocycles. The van der Waals surface area contributed by atoms with Gasteiger partial charge in [-0.15, -0.1) is 11.3 Å². The fraction of sp³-hybridized carbons (Fsp3) is 0.0667. The van der Waals surface area contributed by atoms with Gasteiger partial charge in [0.25, 0.3) is 5.91 Å². The highest BCUT2D eigenvalue weighted by atomic mass is 32.1. The van der Waals surface area contributed by atoms with Crippen LogP contribution in [0.15, 0.2) is 41.9 Å². The van der Waals surface area contributed by atoms with Crippen molar-refractivity contribution < 1.29 is 4.79 Å². The first kappa shape index (κ1) is 12.6. The van der Waals surface area contributed by atoms with Gasteiger partial charge in [0.2, 0.25) is 0 Å². The predicted octanol–water partition coefficient (Wildman–Crippen LogP) is 3.44. The fourth-order valence-electron chi connectivity index (χ4n) is 2.01. The van der Waals surface area contributed by atoms with E-state index in [-0.39, 0.29) is 5.91 Å². The second kappa shape index (κ2) is 4.94. The molecule has 0 unspecified atom stereocenters. The Kier molecular flexibility index (Phi) is 3.12. The van der Waals surface area contributed by atoms with Gasteiger partial charge < -0.3 is 11.1 Å². The number of fused-ring (bicyclic) bond motifs is 1. The molecule has 2 aromatic carbocycles.